The number of anilines is 1. The van der Waals surface area contributed by atoms with Crippen LogP contribution in [-0.4, -0.2) is 51.6 Å². The molecule has 0 bridgehead atoms. The van der Waals surface area contributed by atoms with Gasteiger partial charge in [-0.1, -0.05) is 6.58 Å². The molecule has 1 saturated heterocycles. The topological polar surface area (TPSA) is 74.2 Å². The highest BCUT2D eigenvalue weighted by atomic mass is 32.1. The summed E-state index contributed by atoms with van der Waals surface area (Å²) in [6.07, 6.45) is 3.16. The summed E-state index contributed by atoms with van der Waals surface area (Å²) >= 11 is 5.19. The number of likely N-dealkylation sites (tertiary alicyclic amines) is 1. The molecule has 1 aliphatic heterocycles. The molecule has 0 aliphatic carbocycles. The van der Waals surface area contributed by atoms with Crippen molar-refractivity contribution in [3.05, 3.63) is 53.1 Å². The lowest BCUT2D eigenvalue weighted by molar-refractivity contribution is -0.113. The zero-order valence-corrected chi connectivity index (χ0v) is 16.3. The Bertz CT molecular complexity index is 915. The van der Waals surface area contributed by atoms with Crippen molar-refractivity contribution in [3.63, 3.8) is 0 Å². The lowest BCUT2D eigenvalue weighted by Crippen LogP contribution is -2.39. The number of aromatic nitrogens is 3. The molecule has 1 N–H and O–H groups in total. The van der Waals surface area contributed by atoms with E-state index >= 15 is 0 Å². The number of benzene rings is 1. The van der Waals surface area contributed by atoms with Gasteiger partial charge in [-0.2, -0.15) is 5.10 Å². The van der Waals surface area contributed by atoms with Crippen molar-refractivity contribution in [1.82, 2.24) is 19.7 Å². The van der Waals surface area contributed by atoms with Gasteiger partial charge < -0.3 is 14.4 Å². The summed E-state index contributed by atoms with van der Waals surface area (Å²) in [4.78, 5) is 28.0. The molecule has 2 amide bonds. The minimum Gasteiger partial charge on any atom is -0.338 e. The highest BCUT2D eigenvalue weighted by Crippen LogP contribution is 2.26. The molecule has 0 saturated carbocycles. The second kappa shape index (κ2) is 7.87. The van der Waals surface area contributed by atoms with Crippen LogP contribution in [0.2, 0.25) is 0 Å². The van der Waals surface area contributed by atoms with E-state index in [0.29, 0.717) is 16.9 Å². The van der Waals surface area contributed by atoms with Crippen molar-refractivity contribution < 1.29 is 9.59 Å². The van der Waals surface area contributed by atoms with E-state index in [9.17, 15) is 9.59 Å². The van der Waals surface area contributed by atoms with Gasteiger partial charge in [0.1, 0.15) is 5.82 Å². The molecule has 1 atom stereocenters. The lowest BCUT2D eigenvalue weighted by atomic mass is 9.96. The molecule has 1 aromatic heterocycles. The minimum atomic E-state index is -0.194. The number of hydrogen-bond donors (Lipinski definition) is 1. The van der Waals surface area contributed by atoms with Crippen LogP contribution in [0.1, 0.15) is 34.9 Å². The standard InChI is InChI=1S/C19H23N5O2S/c1-4-16(25)22(2)15-9-7-13(8-10-15)18(26)24-11-5-6-14(12-24)17-20-21-19(27)23(17)3/h4,7-10,14H,1,5-6,11-12H2,2-3H3,(H,21,27). The van der Waals surface area contributed by atoms with Gasteiger partial charge >= 0.3 is 0 Å². The average molecular weight is 385 g/mol. The Morgan fingerprint density at radius 2 is 2.07 bits per heavy atom. The van der Waals surface area contributed by atoms with E-state index in [1.165, 1.54) is 11.0 Å². The average Bonchev–Trinajstić information content (AvgIpc) is 3.05. The zero-order chi connectivity index (χ0) is 19.6. The van der Waals surface area contributed by atoms with Gasteiger partial charge in [-0.05, 0) is 55.4 Å². The quantitative estimate of drug-likeness (QED) is 0.649. The third-order valence-corrected chi connectivity index (χ3v) is 5.36. The first-order chi connectivity index (χ1) is 12.9. The van der Waals surface area contributed by atoms with Crippen LogP contribution in [0.5, 0.6) is 0 Å². The second-order valence-electron chi connectivity index (χ2n) is 6.68. The molecule has 0 spiro atoms. The Morgan fingerprint density at radius 3 is 2.67 bits per heavy atom. The first-order valence-electron chi connectivity index (χ1n) is 8.83. The molecule has 0 radical (unpaired) electrons. The number of piperidine rings is 1. The first kappa shape index (κ1) is 19.0. The predicted molar refractivity (Wildman–Crippen MR) is 106 cm³/mol. The molecule has 2 aromatic rings. The predicted octanol–water partition coefficient (Wildman–Crippen LogP) is 2.65. The Labute approximate surface area is 163 Å². The van der Waals surface area contributed by atoms with Crippen molar-refractivity contribution in [2.45, 2.75) is 18.8 Å². The van der Waals surface area contributed by atoms with Crippen LogP contribution < -0.4 is 4.90 Å². The lowest BCUT2D eigenvalue weighted by Gasteiger charge is -2.32. The molecule has 3 rings (SSSR count). The number of carbonyl (C=O) groups excluding carboxylic acids is 2. The van der Waals surface area contributed by atoms with Gasteiger partial charge in [-0.15, -0.1) is 0 Å². The van der Waals surface area contributed by atoms with Crippen LogP contribution in [-0.2, 0) is 11.8 Å². The van der Waals surface area contributed by atoms with E-state index < -0.39 is 0 Å². The molecule has 8 heteroatoms. The molecule has 1 aromatic carbocycles. The van der Waals surface area contributed by atoms with Crippen LogP contribution in [0, 0.1) is 4.77 Å². The fourth-order valence-electron chi connectivity index (χ4n) is 3.37. The monoisotopic (exact) mass is 385 g/mol. The number of carbonyl (C=O) groups is 2. The maximum Gasteiger partial charge on any atom is 0.253 e. The fourth-order valence-corrected chi connectivity index (χ4v) is 3.51. The Balaban J connectivity index is 1.73. The number of hydrogen-bond acceptors (Lipinski definition) is 4. The Morgan fingerprint density at radius 1 is 1.37 bits per heavy atom. The molecular formula is C19H23N5O2S. The molecule has 142 valence electrons. The number of aromatic amines is 1. The summed E-state index contributed by atoms with van der Waals surface area (Å²) in [6.45, 7) is 4.82. The molecule has 1 aliphatic rings. The van der Waals surface area contributed by atoms with Crippen molar-refractivity contribution in [1.29, 1.82) is 0 Å². The van der Waals surface area contributed by atoms with Crippen LogP contribution >= 0.6 is 12.2 Å². The van der Waals surface area contributed by atoms with Crippen molar-refractivity contribution in [3.8, 4) is 0 Å². The Kier molecular flexibility index (Phi) is 5.55. The SMILES string of the molecule is C=CC(=O)N(C)c1ccc(C(=O)N2CCCC(c3n[nH]c(=S)n3C)C2)cc1. The molecule has 1 fully saturated rings. The van der Waals surface area contributed by atoms with E-state index in [4.69, 9.17) is 12.2 Å². The minimum absolute atomic E-state index is 0.0132. The zero-order valence-electron chi connectivity index (χ0n) is 15.5. The van der Waals surface area contributed by atoms with Gasteiger partial charge in [-0.25, -0.2) is 0 Å². The van der Waals surface area contributed by atoms with E-state index in [1.54, 1.807) is 31.3 Å². The van der Waals surface area contributed by atoms with E-state index in [2.05, 4.69) is 16.8 Å². The number of nitrogens with one attached hydrogen (secondary N) is 1. The molecule has 7 nitrogen and oxygen atoms in total. The van der Waals surface area contributed by atoms with Crippen molar-refractivity contribution in [2.75, 3.05) is 25.0 Å². The van der Waals surface area contributed by atoms with Crippen molar-refractivity contribution in [2.24, 2.45) is 7.05 Å². The summed E-state index contributed by atoms with van der Waals surface area (Å²) < 4.78 is 2.46. The summed E-state index contributed by atoms with van der Waals surface area (Å²) in [5, 5.41) is 7.14. The molecular weight excluding hydrogens is 362 g/mol. The summed E-state index contributed by atoms with van der Waals surface area (Å²) in [5.74, 6) is 0.843. The first-order valence-corrected chi connectivity index (χ1v) is 9.24. The summed E-state index contributed by atoms with van der Waals surface area (Å²) in [7, 11) is 3.56. The number of amides is 2. The van der Waals surface area contributed by atoms with Crippen LogP contribution in [0.3, 0.4) is 0 Å². The third-order valence-electron chi connectivity index (χ3n) is 4.99. The maximum absolute atomic E-state index is 12.9. The summed E-state index contributed by atoms with van der Waals surface area (Å²) in [5.41, 5.74) is 1.32. The number of nitrogens with zero attached hydrogens (tertiary/aromatic N) is 4. The summed E-state index contributed by atoms with van der Waals surface area (Å²) in [6, 6.07) is 7.05. The van der Waals surface area contributed by atoms with E-state index in [1.807, 2.05) is 16.5 Å². The number of H-pyrrole nitrogens is 1. The van der Waals surface area contributed by atoms with Crippen LogP contribution in [0.25, 0.3) is 0 Å². The van der Waals surface area contributed by atoms with Gasteiger partial charge in [-0.3, -0.25) is 14.7 Å². The second-order valence-corrected chi connectivity index (χ2v) is 7.07. The van der Waals surface area contributed by atoms with Gasteiger partial charge in [0.15, 0.2) is 4.77 Å². The van der Waals surface area contributed by atoms with Gasteiger partial charge in [0.2, 0.25) is 5.91 Å². The third kappa shape index (κ3) is 3.85. The van der Waals surface area contributed by atoms with Gasteiger partial charge in [0, 0.05) is 44.4 Å². The molecule has 27 heavy (non-hydrogen) atoms. The van der Waals surface area contributed by atoms with E-state index in [0.717, 1.165) is 30.9 Å². The van der Waals surface area contributed by atoms with E-state index in [-0.39, 0.29) is 17.7 Å². The number of likely N-dealkylation sites (N-methyl/N-ethyl adjacent to an activating group) is 1. The number of rotatable bonds is 4. The van der Waals surface area contributed by atoms with Crippen LogP contribution in [0.15, 0.2) is 36.9 Å². The maximum atomic E-state index is 12.9. The highest BCUT2D eigenvalue weighted by molar-refractivity contribution is 7.71. The fraction of sp³-hybridized carbons (Fsp3) is 0.368. The largest absolute Gasteiger partial charge is 0.338 e. The van der Waals surface area contributed by atoms with Gasteiger partial charge in [0.25, 0.3) is 5.91 Å². The van der Waals surface area contributed by atoms with Gasteiger partial charge in [0.05, 0.1) is 0 Å². The smallest absolute Gasteiger partial charge is 0.253 e. The highest BCUT2D eigenvalue weighted by Gasteiger charge is 2.28. The Hall–Kier alpha value is -2.74. The molecule has 1 unspecified atom stereocenters. The van der Waals surface area contributed by atoms with Crippen molar-refractivity contribution >= 4 is 29.7 Å². The normalized spacial score (nSPS) is 16.8. The molecule has 2 heterocycles. The van der Waals surface area contributed by atoms with Crippen LogP contribution in [0.4, 0.5) is 5.69 Å².